The molecule has 6 heteroatoms. The molecule has 0 aliphatic carbocycles. The van der Waals surface area contributed by atoms with Crippen LogP contribution in [0.25, 0.3) is 10.9 Å². The van der Waals surface area contributed by atoms with Gasteiger partial charge in [-0.2, -0.15) is 5.10 Å². The van der Waals surface area contributed by atoms with E-state index >= 15 is 0 Å². The van der Waals surface area contributed by atoms with Crippen LogP contribution in [-0.4, -0.2) is 31.8 Å². The van der Waals surface area contributed by atoms with Crippen molar-refractivity contribution in [2.45, 2.75) is 19.5 Å². The summed E-state index contributed by atoms with van der Waals surface area (Å²) in [6.07, 6.45) is 6.17. The summed E-state index contributed by atoms with van der Waals surface area (Å²) in [5.41, 5.74) is 2.98. The van der Waals surface area contributed by atoms with E-state index in [1.165, 1.54) is 17.2 Å². The number of carbonyl (C=O) groups excluding carboxylic acids is 1. The summed E-state index contributed by atoms with van der Waals surface area (Å²) in [5, 5.41) is 8.32. The van der Waals surface area contributed by atoms with E-state index in [1.54, 1.807) is 11.0 Å². The molecule has 0 aliphatic rings. The van der Waals surface area contributed by atoms with E-state index < -0.39 is 0 Å². The highest BCUT2D eigenvalue weighted by Crippen LogP contribution is 2.15. The van der Waals surface area contributed by atoms with E-state index in [-0.39, 0.29) is 5.91 Å². The fourth-order valence-corrected chi connectivity index (χ4v) is 3.15. The number of aryl methyl sites for hydroxylation is 1. The van der Waals surface area contributed by atoms with Crippen molar-refractivity contribution in [3.8, 4) is 0 Å². The molecule has 136 valence electrons. The summed E-state index contributed by atoms with van der Waals surface area (Å²) in [7, 11) is 0. The molecule has 27 heavy (non-hydrogen) atoms. The Balaban J connectivity index is 1.26. The van der Waals surface area contributed by atoms with Gasteiger partial charge in [-0.1, -0.05) is 30.3 Å². The van der Waals surface area contributed by atoms with Crippen molar-refractivity contribution < 1.29 is 4.79 Å². The predicted molar refractivity (Wildman–Crippen MR) is 104 cm³/mol. The highest BCUT2D eigenvalue weighted by atomic mass is 16.1. The Morgan fingerprint density at radius 1 is 1.04 bits per heavy atom. The number of hydrogen-bond acceptors (Lipinski definition) is 3. The molecule has 6 nitrogen and oxygen atoms in total. The summed E-state index contributed by atoms with van der Waals surface area (Å²) in [6.45, 7) is 2.17. The smallest absolute Gasteiger partial charge is 0.251 e. The maximum Gasteiger partial charge on any atom is 0.251 e. The van der Waals surface area contributed by atoms with Crippen molar-refractivity contribution in [1.82, 2.24) is 24.6 Å². The topological polar surface area (TPSA) is 64.7 Å². The lowest BCUT2D eigenvalue weighted by Crippen LogP contribution is -2.25. The van der Waals surface area contributed by atoms with Crippen LogP contribution >= 0.6 is 0 Å². The van der Waals surface area contributed by atoms with Gasteiger partial charge in [0.05, 0.1) is 6.54 Å². The number of benzene rings is 2. The minimum Gasteiger partial charge on any atom is -0.352 e. The van der Waals surface area contributed by atoms with Gasteiger partial charge < -0.3 is 9.88 Å². The van der Waals surface area contributed by atoms with Crippen LogP contribution in [0.5, 0.6) is 0 Å². The number of hydrogen-bond donors (Lipinski definition) is 1. The quantitative estimate of drug-likeness (QED) is 0.516. The molecule has 0 aliphatic heterocycles. The van der Waals surface area contributed by atoms with E-state index in [4.69, 9.17) is 0 Å². The first-order chi connectivity index (χ1) is 13.3. The first kappa shape index (κ1) is 17.0. The standard InChI is InChI=1S/C21H21N5O/c27-21(19-8-6-17(7-9-19)14-26-16-22-15-24-26)23-11-3-12-25-13-10-18-4-1-2-5-20(18)25/h1-2,4-10,13,15-16H,3,11-12,14H2,(H,23,27). The SMILES string of the molecule is O=C(NCCCn1ccc2ccccc21)c1ccc(Cn2cncn2)cc1. The van der Waals surface area contributed by atoms with E-state index in [9.17, 15) is 4.79 Å². The van der Waals surface area contributed by atoms with Crippen molar-refractivity contribution >= 4 is 16.8 Å². The maximum atomic E-state index is 12.3. The summed E-state index contributed by atoms with van der Waals surface area (Å²) in [6, 6.07) is 18.0. The Kier molecular flexibility index (Phi) is 4.96. The van der Waals surface area contributed by atoms with Crippen LogP contribution in [0.4, 0.5) is 0 Å². The first-order valence-electron chi connectivity index (χ1n) is 9.03. The second-order valence-electron chi connectivity index (χ2n) is 6.47. The summed E-state index contributed by atoms with van der Waals surface area (Å²) in [5.74, 6) is -0.0420. The van der Waals surface area contributed by atoms with E-state index in [1.807, 2.05) is 36.4 Å². The molecule has 0 bridgehead atoms. The third-order valence-electron chi connectivity index (χ3n) is 4.57. The van der Waals surface area contributed by atoms with Gasteiger partial charge in [-0.05, 0) is 41.6 Å². The molecule has 0 radical (unpaired) electrons. The zero-order chi connectivity index (χ0) is 18.5. The molecule has 4 aromatic rings. The number of fused-ring (bicyclic) bond motifs is 1. The van der Waals surface area contributed by atoms with Crippen LogP contribution in [0.1, 0.15) is 22.3 Å². The van der Waals surface area contributed by atoms with Crippen LogP contribution in [-0.2, 0) is 13.1 Å². The van der Waals surface area contributed by atoms with Crippen LogP contribution < -0.4 is 5.32 Å². The van der Waals surface area contributed by atoms with Gasteiger partial charge >= 0.3 is 0 Å². The zero-order valence-electron chi connectivity index (χ0n) is 15.0. The number of rotatable bonds is 7. The molecule has 0 unspecified atom stereocenters. The minimum absolute atomic E-state index is 0.0420. The molecular formula is C21H21N5O. The van der Waals surface area contributed by atoms with E-state index in [0.29, 0.717) is 18.7 Å². The van der Waals surface area contributed by atoms with E-state index in [2.05, 4.69) is 44.4 Å². The third kappa shape index (κ3) is 4.06. The van der Waals surface area contributed by atoms with Gasteiger partial charge in [-0.15, -0.1) is 0 Å². The molecule has 1 N–H and O–H groups in total. The molecule has 2 heterocycles. The van der Waals surface area contributed by atoms with Crippen LogP contribution in [0.15, 0.2) is 73.4 Å². The van der Waals surface area contributed by atoms with Gasteiger partial charge in [0, 0.05) is 30.4 Å². The number of aromatic nitrogens is 4. The van der Waals surface area contributed by atoms with Gasteiger partial charge in [0.2, 0.25) is 0 Å². The number of nitrogens with zero attached hydrogens (tertiary/aromatic N) is 4. The molecule has 1 amide bonds. The number of para-hydroxylation sites is 1. The van der Waals surface area contributed by atoms with Gasteiger partial charge in [-0.3, -0.25) is 4.79 Å². The van der Waals surface area contributed by atoms with Gasteiger partial charge in [0.1, 0.15) is 12.7 Å². The fourth-order valence-electron chi connectivity index (χ4n) is 3.15. The first-order valence-corrected chi connectivity index (χ1v) is 9.03. The normalized spacial score (nSPS) is 11.0. The second-order valence-corrected chi connectivity index (χ2v) is 6.47. The Bertz CT molecular complexity index is 1020. The van der Waals surface area contributed by atoms with Gasteiger partial charge in [0.25, 0.3) is 5.91 Å². The molecule has 4 rings (SSSR count). The second kappa shape index (κ2) is 7.86. The van der Waals surface area contributed by atoms with Crippen LogP contribution in [0, 0.1) is 0 Å². The van der Waals surface area contributed by atoms with Crippen molar-refractivity contribution in [1.29, 1.82) is 0 Å². The third-order valence-corrected chi connectivity index (χ3v) is 4.57. The monoisotopic (exact) mass is 359 g/mol. The van der Waals surface area contributed by atoms with Crippen LogP contribution in [0.2, 0.25) is 0 Å². The van der Waals surface area contributed by atoms with Crippen molar-refractivity contribution in [3.05, 3.63) is 84.6 Å². The number of nitrogens with one attached hydrogen (secondary N) is 1. The molecule has 2 aromatic heterocycles. The maximum absolute atomic E-state index is 12.3. The molecule has 0 saturated heterocycles. The Hall–Kier alpha value is -3.41. The Morgan fingerprint density at radius 3 is 2.70 bits per heavy atom. The van der Waals surface area contributed by atoms with Gasteiger partial charge in [-0.25, -0.2) is 9.67 Å². The number of amides is 1. The molecule has 0 saturated carbocycles. The molecule has 0 spiro atoms. The van der Waals surface area contributed by atoms with Crippen molar-refractivity contribution in [2.24, 2.45) is 0 Å². The predicted octanol–water partition coefficient (Wildman–Crippen LogP) is 3.10. The molecule has 0 atom stereocenters. The molecular weight excluding hydrogens is 338 g/mol. The lowest BCUT2D eigenvalue weighted by Gasteiger charge is -2.08. The van der Waals surface area contributed by atoms with E-state index in [0.717, 1.165) is 18.5 Å². The molecule has 2 aromatic carbocycles. The minimum atomic E-state index is -0.0420. The summed E-state index contributed by atoms with van der Waals surface area (Å²) in [4.78, 5) is 16.2. The zero-order valence-corrected chi connectivity index (χ0v) is 15.0. The van der Waals surface area contributed by atoms with Crippen molar-refractivity contribution in [3.63, 3.8) is 0 Å². The Morgan fingerprint density at radius 2 is 1.89 bits per heavy atom. The average molecular weight is 359 g/mol. The summed E-state index contributed by atoms with van der Waals surface area (Å²) < 4.78 is 3.97. The highest BCUT2D eigenvalue weighted by molar-refractivity contribution is 5.94. The lowest BCUT2D eigenvalue weighted by molar-refractivity contribution is 0.0953. The van der Waals surface area contributed by atoms with Crippen LogP contribution in [0.3, 0.4) is 0 Å². The highest BCUT2D eigenvalue weighted by Gasteiger charge is 2.06. The Labute approximate surface area is 157 Å². The average Bonchev–Trinajstić information content (AvgIpc) is 3.36. The largest absolute Gasteiger partial charge is 0.352 e. The fraction of sp³-hybridized carbons (Fsp3) is 0.190. The van der Waals surface area contributed by atoms with Crippen molar-refractivity contribution in [2.75, 3.05) is 6.54 Å². The lowest BCUT2D eigenvalue weighted by atomic mass is 10.1. The number of carbonyl (C=O) groups is 1. The van der Waals surface area contributed by atoms with Gasteiger partial charge in [0.15, 0.2) is 0 Å². The summed E-state index contributed by atoms with van der Waals surface area (Å²) >= 11 is 0. The molecule has 0 fully saturated rings.